The lowest BCUT2D eigenvalue weighted by molar-refractivity contribution is -0.125. The SMILES string of the molecule is CCOc1ccc(NC(=O)C2(c3ccccc3F)CCOCC2)c(C#N)c1. The fourth-order valence-corrected chi connectivity index (χ4v) is 3.41. The summed E-state index contributed by atoms with van der Waals surface area (Å²) in [5.74, 6) is -0.194. The maximum absolute atomic E-state index is 14.5. The molecule has 27 heavy (non-hydrogen) atoms. The average molecular weight is 368 g/mol. The third kappa shape index (κ3) is 3.79. The Morgan fingerprint density at radius 2 is 2.04 bits per heavy atom. The van der Waals surface area contributed by atoms with E-state index in [0.29, 0.717) is 55.2 Å². The zero-order valence-electron chi connectivity index (χ0n) is 15.1. The van der Waals surface area contributed by atoms with Crippen molar-refractivity contribution in [2.75, 3.05) is 25.1 Å². The van der Waals surface area contributed by atoms with Crippen LogP contribution in [-0.4, -0.2) is 25.7 Å². The molecule has 0 aliphatic carbocycles. The van der Waals surface area contributed by atoms with Gasteiger partial charge in [-0.25, -0.2) is 4.39 Å². The molecule has 3 rings (SSSR count). The van der Waals surface area contributed by atoms with Crippen molar-refractivity contribution in [2.24, 2.45) is 0 Å². The van der Waals surface area contributed by atoms with E-state index in [-0.39, 0.29) is 5.91 Å². The molecule has 1 N–H and O–H groups in total. The Bertz CT molecular complexity index is 870. The number of ether oxygens (including phenoxy) is 2. The zero-order chi connectivity index (χ0) is 19.3. The van der Waals surface area contributed by atoms with Gasteiger partial charge < -0.3 is 14.8 Å². The third-order valence-corrected chi connectivity index (χ3v) is 4.84. The van der Waals surface area contributed by atoms with Gasteiger partial charge in [0.1, 0.15) is 17.6 Å². The number of nitriles is 1. The predicted octanol–water partition coefficient (Wildman–Crippen LogP) is 3.78. The third-order valence-electron chi connectivity index (χ3n) is 4.84. The van der Waals surface area contributed by atoms with E-state index in [2.05, 4.69) is 11.4 Å². The molecule has 140 valence electrons. The molecule has 0 saturated carbocycles. The van der Waals surface area contributed by atoms with Gasteiger partial charge in [0, 0.05) is 18.8 Å². The molecule has 2 aromatic carbocycles. The van der Waals surface area contributed by atoms with Crippen LogP contribution in [0.5, 0.6) is 5.75 Å². The second-order valence-electron chi connectivity index (χ2n) is 6.38. The van der Waals surface area contributed by atoms with Gasteiger partial charge in [-0.15, -0.1) is 0 Å². The molecule has 1 aliphatic rings. The van der Waals surface area contributed by atoms with Crippen LogP contribution >= 0.6 is 0 Å². The van der Waals surface area contributed by atoms with Crippen molar-refractivity contribution in [3.63, 3.8) is 0 Å². The summed E-state index contributed by atoms with van der Waals surface area (Å²) in [5, 5.41) is 12.3. The molecule has 0 unspecified atom stereocenters. The molecule has 0 radical (unpaired) electrons. The summed E-state index contributed by atoms with van der Waals surface area (Å²) in [7, 11) is 0. The minimum absolute atomic E-state index is 0.296. The van der Waals surface area contributed by atoms with Gasteiger partial charge in [0.25, 0.3) is 0 Å². The smallest absolute Gasteiger partial charge is 0.235 e. The number of nitrogens with zero attached hydrogens (tertiary/aromatic N) is 1. The Balaban J connectivity index is 1.95. The van der Waals surface area contributed by atoms with Gasteiger partial charge in [0.15, 0.2) is 0 Å². The minimum Gasteiger partial charge on any atom is -0.494 e. The molecule has 1 amide bonds. The molecule has 1 aliphatic heterocycles. The van der Waals surface area contributed by atoms with Gasteiger partial charge in [0.2, 0.25) is 5.91 Å². The van der Waals surface area contributed by atoms with Crippen LogP contribution < -0.4 is 10.1 Å². The van der Waals surface area contributed by atoms with Crippen LogP contribution in [0.15, 0.2) is 42.5 Å². The number of halogens is 1. The number of benzene rings is 2. The Kier molecular flexibility index (Phi) is 5.72. The first kappa shape index (κ1) is 18.9. The topological polar surface area (TPSA) is 71.3 Å². The highest BCUT2D eigenvalue weighted by Gasteiger charge is 2.43. The molecule has 0 atom stereocenters. The average Bonchev–Trinajstić information content (AvgIpc) is 2.70. The number of carbonyl (C=O) groups excluding carboxylic acids is 1. The molecule has 0 aromatic heterocycles. The number of carbonyl (C=O) groups is 1. The van der Waals surface area contributed by atoms with E-state index in [9.17, 15) is 14.4 Å². The fourth-order valence-electron chi connectivity index (χ4n) is 3.41. The first-order valence-corrected chi connectivity index (χ1v) is 8.92. The molecule has 0 bridgehead atoms. The van der Waals surface area contributed by atoms with Crippen LogP contribution in [0, 0.1) is 17.1 Å². The van der Waals surface area contributed by atoms with Crippen molar-refractivity contribution in [3.05, 3.63) is 59.4 Å². The summed E-state index contributed by atoms with van der Waals surface area (Å²) in [4.78, 5) is 13.2. The Labute approximate surface area is 157 Å². The molecule has 5 nitrogen and oxygen atoms in total. The number of anilines is 1. The zero-order valence-corrected chi connectivity index (χ0v) is 15.1. The Morgan fingerprint density at radius 3 is 2.70 bits per heavy atom. The summed E-state index contributed by atoms with van der Waals surface area (Å²) in [6.45, 7) is 3.07. The van der Waals surface area contributed by atoms with Crippen LogP contribution in [0.4, 0.5) is 10.1 Å². The van der Waals surface area contributed by atoms with Gasteiger partial charge in [0.05, 0.1) is 23.3 Å². The lowest BCUT2D eigenvalue weighted by Gasteiger charge is -2.36. The van der Waals surface area contributed by atoms with Crippen molar-refractivity contribution in [3.8, 4) is 11.8 Å². The first-order chi connectivity index (χ1) is 13.1. The molecule has 1 saturated heterocycles. The summed E-state index contributed by atoms with van der Waals surface area (Å²) in [6, 6.07) is 13.3. The van der Waals surface area contributed by atoms with E-state index in [1.54, 1.807) is 36.4 Å². The van der Waals surface area contributed by atoms with Crippen LogP contribution in [0.1, 0.15) is 30.9 Å². The molecule has 1 heterocycles. The maximum Gasteiger partial charge on any atom is 0.235 e. The van der Waals surface area contributed by atoms with Crippen molar-refractivity contribution < 1.29 is 18.7 Å². The number of nitrogens with one attached hydrogen (secondary N) is 1. The number of hydrogen-bond acceptors (Lipinski definition) is 4. The lowest BCUT2D eigenvalue weighted by atomic mass is 9.73. The lowest BCUT2D eigenvalue weighted by Crippen LogP contribution is -2.45. The van der Waals surface area contributed by atoms with Gasteiger partial charge in [-0.05, 0) is 44.0 Å². The highest BCUT2D eigenvalue weighted by atomic mass is 19.1. The van der Waals surface area contributed by atoms with Gasteiger partial charge in [-0.3, -0.25) is 4.79 Å². The summed E-state index contributed by atoms with van der Waals surface area (Å²) >= 11 is 0. The van der Waals surface area contributed by atoms with Crippen molar-refractivity contribution in [1.82, 2.24) is 0 Å². The van der Waals surface area contributed by atoms with Crippen molar-refractivity contribution in [1.29, 1.82) is 5.26 Å². The highest BCUT2D eigenvalue weighted by Crippen LogP contribution is 2.38. The maximum atomic E-state index is 14.5. The molecular formula is C21H21FN2O3. The second kappa shape index (κ2) is 8.19. The van der Waals surface area contributed by atoms with Gasteiger partial charge in [-0.2, -0.15) is 5.26 Å². The van der Waals surface area contributed by atoms with Crippen LogP contribution in [0.3, 0.4) is 0 Å². The van der Waals surface area contributed by atoms with E-state index in [0.717, 1.165) is 0 Å². The summed E-state index contributed by atoms with van der Waals surface area (Å²) in [6.07, 6.45) is 0.747. The number of hydrogen-bond donors (Lipinski definition) is 1. The first-order valence-electron chi connectivity index (χ1n) is 8.92. The van der Waals surface area contributed by atoms with Crippen molar-refractivity contribution in [2.45, 2.75) is 25.2 Å². The molecule has 0 spiro atoms. The predicted molar refractivity (Wildman–Crippen MR) is 99.1 cm³/mol. The summed E-state index contributed by atoms with van der Waals surface area (Å²) in [5.41, 5.74) is 0.00277. The van der Waals surface area contributed by atoms with Crippen LogP contribution in [-0.2, 0) is 14.9 Å². The minimum atomic E-state index is -1.03. The van der Waals surface area contributed by atoms with Crippen molar-refractivity contribution >= 4 is 11.6 Å². The van der Waals surface area contributed by atoms with Gasteiger partial charge >= 0.3 is 0 Å². The molecule has 6 heteroatoms. The standard InChI is InChI=1S/C21H21FN2O3/c1-2-27-16-7-8-19(15(13-16)14-23)24-20(25)21(9-11-26-12-10-21)17-5-3-4-6-18(17)22/h3-8,13H,2,9-12H2,1H3,(H,24,25). The highest BCUT2D eigenvalue weighted by molar-refractivity contribution is 6.00. The number of amides is 1. The van der Waals surface area contributed by atoms with Gasteiger partial charge in [-0.1, -0.05) is 18.2 Å². The van der Waals surface area contributed by atoms with Crippen LogP contribution in [0.2, 0.25) is 0 Å². The second-order valence-corrected chi connectivity index (χ2v) is 6.38. The van der Waals surface area contributed by atoms with E-state index in [1.807, 2.05) is 6.92 Å². The normalized spacial score (nSPS) is 15.6. The quantitative estimate of drug-likeness (QED) is 0.872. The molecule has 1 fully saturated rings. The van der Waals surface area contributed by atoms with E-state index >= 15 is 0 Å². The van der Waals surface area contributed by atoms with E-state index in [1.165, 1.54) is 6.07 Å². The monoisotopic (exact) mass is 368 g/mol. The molecular weight excluding hydrogens is 347 g/mol. The van der Waals surface area contributed by atoms with E-state index in [4.69, 9.17) is 9.47 Å². The fraction of sp³-hybridized carbons (Fsp3) is 0.333. The van der Waals surface area contributed by atoms with E-state index < -0.39 is 11.2 Å². The Hall–Kier alpha value is -2.91. The van der Waals surface area contributed by atoms with Crippen LogP contribution in [0.25, 0.3) is 0 Å². The summed E-state index contributed by atoms with van der Waals surface area (Å²) < 4.78 is 25.3. The molecule has 2 aromatic rings. The number of rotatable bonds is 5. The largest absolute Gasteiger partial charge is 0.494 e. The Morgan fingerprint density at radius 1 is 1.30 bits per heavy atom.